The van der Waals surface area contributed by atoms with Crippen LogP contribution < -0.4 is 10.1 Å². The highest BCUT2D eigenvalue weighted by Crippen LogP contribution is 2.39. The molecule has 6 nitrogen and oxygen atoms in total. The van der Waals surface area contributed by atoms with Gasteiger partial charge < -0.3 is 24.6 Å². The minimum Gasteiger partial charge on any atom is -0.497 e. The van der Waals surface area contributed by atoms with Gasteiger partial charge in [0.2, 0.25) is 0 Å². The highest BCUT2D eigenvalue weighted by molar-refractivity contribution is 7.80. The van der Waals surface area contributed by atoms with Crippen LogP contribution in [0.3, 0.4) is 0 Å². The van der Waals surface area contributed by atoms with Crippen molar-refractivity contribution in [2.24, 2.45) is 0 Å². The fourth-order valence-corrected chi connectivity index (χ4v) is 4.15. The van der Waals surface area contributed by atoms with E-state index in [1.165, 1.54) is 0 Å². The lowest BCUT2D eigenvalue weighted by atomic mass is 10.0. The van der Waals surface area contributed by atoms with E-state index in [1.807, 2.05) is 48.5 Å². The third kappa shape index (κ3) is 3.83. The highest BCUT2D eigenvalue weighted by Gasteiger charge is 2.40. The fraction of sp³-hybridized carbons (Fsp3) is 0.273. The van der Waals surface area contributed by atoms with E-state index in [2.05, 4.69) is 32.0 Å². The van der Waals surface area contributed by atoms with Gasteiger partial charge in [0.05, 0.1) is 24.9 Å². The number of nitrogens with one attached hydrogen (secondary N) is 1. The van der Waals surface area contributed by atoms with E-state index in [1.54, 1.807) is 13.3 Å². The molecule has 7 heteroatoms. The second kappa shape index (κ2) is 8.63. The number of methoxy groups -OCH3 is 1. The van der Waals surface area contributed by atoms with E-state index in [0.29, 0.717) is 18.1 Å². The van der Waals surface area contributed by atoms with Gasteiger partial charge in [-0.15, -0.1) is 0 Å². The fourth-order valence-electron chi connectivity index (χ4n) is 3.82. The number of aliphatic hydroxyl groups is 1. The van der Waals surface area contributed by atoms with E-state index < -0.39 is 0 Å². The van der Waals surface area contributed by atoms with E-state index in [4.69, 9.17) is 17.0 Å². The maximum Gasteiger partial charge on any atom is 0.170 e. The Morgan fingerprint density at radius 1 is 1.14 bits per heavy atom. The summed E-state index contributed by atoms with van der Waals surface area (Å²) in [5.41, 5.74) is 3.09. The first-order valence-corrected chi connectivity index (χ1v) is 10.0. The number of rotatable bonds is 7. The van der Waals surface area contributed by atoms with Crippen molar-refractivity contribution < 1.29 is 9.84 Å². The minimum absolute atomic E-state index is 0.0407. The number of nitrogens with zero attached hydrogens (tertiary/aromatic N) is 3. The van der Waals surface area contributed by atoms with Crippen LogP contribution in [0.1, 0.15) is 29.9 Å². The predicted molar refractivity (Wildman–Crippen MR) is 116 cm³/mol. The lowest BCUT2D eigenvalue weighted by Crippen LogP contribution is -2.31. The van der Waals surface area contributed by atoms with Crippen LogP contribution in [0, 0.1) is 0 Å². The molecule has 3 heterocycles. The van der Waals surface area contributed by atoms with Crippen LogP contribution in [0.25, 0.3) is 5.69 Å². The first kappa shape index (κ1) is 19.4. The zero-order valence-corrected chi connectivity index (χ0v) is 17.0. The number of hydrogen-bond acceptors (Lipinski definition) is 4. The van der Waals surface area contributed by atoms with Gasteiger partial charge in [-0.3, -0.25) is 4.98 Å². The van der Waals surface area contributed by atoms with Gasteiger partial charge in [-0.05, 0) is 67.2 Å². The van der Waals surface area contributed by atoms with Gasteiger partial charge in [0.15, 0.2) is 5.11 Å². The molecule has 0 saturated carbocycles. The SMILES string of the molecule is COc1ccc(-n2cccc2C2C(c3ccccn3)NC(=S)N2CCCO)cc1. The van der Waals surface area contributed by atoms with Gasteiger partial charge in [0, 0.05) is 36.9 Å². The number of aliphatic hydroxyl groups excluding tert-OH is 1. The van der Waals surface area contributed by atoms with Crippen molar-refractivity contribution in [1.82, 2.24) is 19.8 Å². The molecule has 2 unspecified atom stereocenters. The van der Waals surface area contributed by atoms with E-state index in [0.717, 1.165) is 22.8 Å². The van der Waals surface area contributed by atoms with Crippen LogP contribution >= 0.6 is 12.2 Å². The van der Waals surface area contributed by atoms with Crippen LogP contribution in [-0.4, -0.2) is 44.9 Å². The average molecular weight is 409 g/mol. The van der Waals surface area contributed by atoms with Crippen molar-refractivity contribution >= 4 is 17.3 Å². The molecule has 1 aliphatic heterocycles. The molecular weight excluding hydrogens is 384 g/mol. The number of thiocarbonyl (C=S) groups is 1. The van der Waals surface area contributed by atoms with Crippen LogP contribution in [-0.2, 0) is 0 Å². The first-order valence-electron chi connectivity index (χ1n) is 9.63. The third-order valence-corrected chi connectivity index (χ3v) is 5.54. The largest absolute Gasteiger partial charge is 0.497 e. The van der Waals surface area contributed by atoms with E-state index in [9.17, 15) is 5.11 Å². The summed E-state index contributed by atoms with van der Waals surface area (Å²) in [6.45, 7) is 0.795. The van der Waals surface area contributed by atoms with Crippen molar-refractivity contribution in [1.29, 1.82) is 0 Å². The Balaban J connectivity index is 1.76. The van der Waals surface area contributed by atoms with Crippen LogP contribution in [0.2, 0.25) is 0 Å². The average Bonchev–Trinajstić information content (AvgIpc) is 3.37. The summed E-state index contributed by atoms with van der Waals surface area (Å²) >= 11 is 5.65. The Bertz CT molecular complexity index is 958. The predicted octanol–water partition coefficient (Wildman–Crippen LogP) is 3.24. The number of benzene rings is 1. The Kier molecular flexibility index (Phi) is 5.78. The zero-order chi connectivity index (χ0) is 20.2. The summed E-state index contributed by atoms with van der Waals surface area (Å²) in [5, 5.41) is 13.5. The van der Waals surface area contributed by atoms with Gasteiger partial charge >= 0.3 is 0 Å². The molecule has 2 N–H and O–H groups in total. The molecule has 0 amide bonds. The van der Waals surface area contributed by atoms with Crippen molar-refractivity contribution in [3.05, 3.63) is 78.4 Å². The number of aromatic nitrogens is 2. The molecule has 0 bridgehead atoms. The molecule has 1 aliphatic rings. The van der Waals surface area contributed by atoms with Gasteiger partial charge in [-0.1, -0.05) is 6.07 Å². The summed E-state index contributed by atoms with van der Waals surface area (Å²) in [4.78, 5) is 6.72. The maximum absolute atomic E-state index is 9.37. The molecule has 150 valence electrons. The van der Waals surface area contributed by atoms with Crippen molar-refractivity contribution in [2.45, 2.75) is 18.5 Å². The molecule has 1 fully saturated rings. The van der Waals surface area contributed by atoms with Crippen LogP contribution in [0.15, 0.2) is 67.0 Å². The quantitative estimate of drug-likeness (QED) is 0.586. The molecule has 0 radical (unpaired) electrons. The standard InChI is InChI=1S/C22H24N4O2S/c1-28-17-10-8-16(9-11-17)25-13-4-7-19(25)21-20(18-6-2-3-12-23-18)24-22(29)26(21)14-5-15-27/h2-4,6-13,20-21,27H,5,14-15H2,1H3,(H,24,29). The molecule has 0 spiro atoms. The molecule has 0 aliphatic carbocycles. The molecule has 1 saturated heterocycles. The van der Waals surface area contributed by atoms with Gasteiger partial charge in [-0.2, -0.15) is 0 Å². The molecule has 29 heavy (non-hydrogen) atoms. The van der Waals surface area contributed by atoms with Gasteiger partial charge in [-0.25, -0.2) is 0 Å². The number of ether oxygens (including phenoxy) is 1. The van der Waals surface area contributed by atoms with Crippen molar-refractivity contribution in [3.63, 3.8) is 0 Å². The molecule has 2 aromatic heterocycles. The highest BCUT2D eigenvalue weighted by atomic mass is 32.1. The summed E-state index contributed by atoms with van der Waals surface area (Å²) < 4.78 is 7.46. The molecule has 2 atom stereocenters. The van der Waals surface area contributed by atoms with Crippen LogP contribution in [0.4, 0.5) is 0 Å². The summed E-state index contributed by atoms with van der Waals surface area (Å²) in [6, 6.07) is 17.9. The molecule has 4 rings (SSSR count). The lowest BCUT2D eigenvalue weighted by Gasteiger charge is -2.28. The van der Waals surface area contributed by atoms with E-state index >= 15 is 0 Å². The van der Waals surface area contributed by atoms with Gasteiger partial charge in [0.25, 0.3) is 0 Å². The number of pyridine rings is 1. The molecular formula is C22H24N4O2S. The molecule has 3 aromatic rings. The minimum atomic E-state index is -0.0747. The zero-order valence-electron chi connectivity index (χ0n) is 16.2. The Labute approximate surface area is 175 Å². The smallest absolute Gasteiger partial charge is 0.170 e. The second-order valence-electron chi connectivity index (χ2n) is 6.90. The normalized spacial score (nSPS) is 18.7. The number of hydrogen-bond donors (Lipinski definition) is 2. The summed E-state index contributed by atoms with van der Waals surface area (Å²) in [7, 11) is 1.66. The lowest BCUT2D eigenvalue weighted by molar-refractivity contribution is 0.245. The summed E-state index contributed by atoms with van der Waals surface area (Å²) in [6.07, 6.45) is 4.50. The maximum atomic E-state index is 9.37. The third-order valence-electron chi connectivity index (χ3n) is 5.19. The van der Waals surface area contributed by atoms with Gasteiger partial charge in [0.1, 0.15) is 5.75 Å². The Hall–Kier alpha value is -2.90. The monoisotopic (exact) mass is 408 g/mol. The van der Waals surface area contributed by atoms with E-state index in [-0.39, 0.29) is 18.7 Å². The van der Waals surface area contributed by atoms with Crippen LogP contribution in [0.5, 0.6) is 5.75 Å². The van der Waals surface area contributed by atoms with Crippen molar-refractivity contribution in [2.75, 3.05) is 20.3 Å². The Morgan fingerprint density at radius 3 is 2.66 bits per heavy atom. The molecule has 1 aromatic carbocycles. The van der Waals surface area contributed by atoms with Crippen molar-refractivity contribution in [3.8, 4) is 11.4 Å². The summed E-state index contributed by atoms with van der Waals surface area (Å²) in [5.74, 6) is 0.821. The Morgan fingerprint density at radius 2 is 1.97 bits per heavy atom. The first-order chi connectivity index (χ1) is 14.2. The topological polar surface area (TPSA) is 62.5 Å². The second-order valence-corrected chi connectivity index (χ2v) is 7.28.